The van der Waals surface area contributed by atoms with Crippen LogP contribution in [-0.2, 0) is 13.1 Å². The van der Waals surface area contributed by atoms with Gasteiger partial charge in [0, 0.05) is 32.9 Å². The van der Waals surface area contributed by atoms with E-state index in [2.05, 4.69) is 31.6 Å². The Balaban J connectivity index is 0.00000243. The number of hydrogen-bond acceptors (Lipinski definition) is 4. The highest BCUT2D eigenvalue weighted by molar-refractivity contribution is 14.0. The Morgan fingerprint density at radius 3 is 2.62 bits per heavy atom. The molecule has 3 rings (SSSR count). The van der Waals surface area contributed by atoms with Crippen LogP contribution < -0.4 is 15.5 Å². The van der Waals surface area contributed by atoms with Crippen LogP contribution in [0.5, 0.6) is 0 Å². The number of halogens is 1. The van der Waals surface area contributed by atoms with Gasteiger partial charge in [-0.25, -0.2) is 4.98 Å². The molecule has 1 fully saturated rings. The van der Waals surface area contributed by atoms with Crippen LogP contribution in [0.3, 0.4) is 0 Å². The van der Waals surface area contributed by atoms with Crippen LogP contribution in [0, 0.1) is 0 Å². The van der Waals surface area contributed by atoms with Gasteiger partial charge in [0.2, 0.25) is 0 Å². The molecule has 2 aromatic heterocycles. The second-order valence-corrected chi connectivity index (χ2v) is 6.28. The fourth-order valence-corrected chi connectivity index (χ4v) is 3.03. The molecule has 0 bridgehead atoms. The highest BCUT2D eigenvalue weighted by atomic mass is 127. The topological polar surface area (TPSA) is 65.7 Å². The summed E-state index contributed by atoms with van der Waals surface area (Å²) in [6, 6.07) is 8.05. The van der Waals surface area contributed by atoms with E-state index < -0.39 is 0 Å². The summed E-state index contributed by atoms with van der Waals surface area (Å²) >= 11 is 0. The molecule has 1 aliphatic rings. The number of pyridine rings is 1. The lowest BCUT2D eigenvalue weighted by atomic mass is 10.2. The Morgan fingerprint density at radius 1 is 1.15 bits per heavy atom. The first-order chi connectivity index (χ1) is 12.3. The average Bonchev–Trinajstić information content (AvgIpc) is 3.02. The third-order valence-corrected chi connectivity index (χ3v) is 4.43. The monoisotopic (exact) mass is 469 g/mol. The van der Waals surface area contributed by atoms with Crippen LogP contribution in [0.25, 0.3) is 0 Å². The van der Waals surface area contributed by atoms with Crippen molar-refractivity contribution in [3.63, 3.8) is 0 Å². The molecular formula is C19H28IN5O. The lowest BCUT2D eigenvalue weighted by Crippen LogP contribution is -2.36. The van der Waals surface area contributed by atoms with Crippen LogP contribution in [0.2, 0.25) is 0 Å². The summed E-state index contributed by atoms with van der Waals surface area (Å²) in [5, 5.41) is 6.59. The number of furan rings is 1. The third-order valence-electron chi connectivity index (χ3n) is 4.43. The molecule has 0 aromatic carbocycles. The van der Waals surface area contributed by atoms with E-state index in [1.54, 1.807) is 13.3 Å². The predicted molar refractivity (Wildman–Crippen MR) is 116 cm³/mol. The van der Waals surface area contributed by atoms with Crippen molar-refractivity contribution in [1.29, 1.82) is 0 Å². The van der Waals surface area contributed by atoms with Crippen molar-refractivity contribution < 1.29 is 4.42 Å². The lowest BCUT2D eigenvalue weighted by molar-refractivity contribution is 0.501. The minimum Gasteiger partial charge on any atom is -0.467 e. The van der Waals surface area contributed by atoms with Crippen molar-refractivity contribution in [3.8, 4) is 0 Å². The molecule has 3 heterocycles. The highest BCUT2D eigenvalue weighted by Gasteiger charge is 2.11. The smallest absolute Gasteiger partial charge is 0.191 e. The van der Waals surface area contributed by atoms with Crippen molar-refractivity contribution in [2.75, 3.05) is 25.0 Å². The van der Waals surface area contributed by atoms with E-state index in [1.165, 1.54) is 31.2 Å². The molecule has 0 radical (unpaired) electrons. The van der Waals surface area contributed by atoms with Gasteiger partial charge in [-0.05, 0) is 42.7 Å². The number of rotatable bonds is 5. The molecular weight excluding hydrogens is 441 g/mol. The largest absolute Gasteiger partial charge is 0.467 e. The van der Waals surface area contributed by atoms with Gasteiger partial charge in [-0.2, -0.15) is 0 Å². The summed E-state index contributed by atoms with van der Waals surface area (Å²) in [6.45, 7) is 3.54. The quantitative estimate of drug-likeness (QED) is 0.399. The van der Waals surface area contributed by atoms with Crippen LogP contribution in [-0.4, -0.2) is 31.1 Å². The number of aliphatic imine (C=N–C) groups is 1. The van der Waals surface area contributed by atoms with Crippen LogP contribution in [0.15, 0.2) is 46.1 Å². The maximum absolute atomic E-state index is 5.33. The molecule has 0 amide bonds. The highest BCUT2D eigenvalue weighted by Crippen LogP contribution is 2.18. The van der Waals surface area contributed by atoms with Crippen molar-refractivity contribution in [2.45, 2.75) is 38.8 Å². The van der Waals surface area contributed by atoms with Gasteiger partial charge in [-0.15, -0.1) is 24.0 Å². The van der Waals surface area contributed by atoms with Gasteiger partial charge in [-0.1, -0.05) is 12.8 Å². The van der Waals surface area contributed by atoms with Crippen molar-refractivity contribution in [3.05, 3.63) is 48.0 Å². The third kappa shape index (κ3) is 6.19. The Hall–Kier alpha value is -1.77. The second kappa shape index (κ2) is 11.1. The lowest BCUT2D eigenvalue weighted by Gasteiger charge is -2.22. The molecule has 0 spiro atoms. The number of nitrogens with zero attached hydrogens (tertiary/aromatic N) is 3. The zero-order valence-electron chi connectivity index (χ0n) is 15.3. The van der Waals surface area contributed by atoms with E-state index in [0.717, 1.165) is 30.6 Å². The predicted octanol–water partition coefficient (Wildman–Crippen LogP) is 3.54. The van der Waals surface area contributed by atoms with Gasteiger partial charge in [0.1, 0.15) is 11.6 Å². The molecule has 142 valence electrons. The minimum atomic E-state index is 0. The molecule has 26 heavy (non-hydrogen) atoms. The second-order valence-electron chi connectivity index (χ2n) is 6.28. The van der Waals surface area contributed by atoms with Crippen LogP contribution in [0.1, 0.15) is 37.0 Å². The fourth-order valence-electron chi connectivity index (χ4n) is 3.03. The van der Waals surface area contributed by atoms with Gasteiger partial charge in [0.15, 0.2) is 5.96 Å². The van der Waals surface area contributed by atoms with Gasteiger partial charge in [0.25, 0.3) is 0 Å². The van der Waals surface area contributed by atoms with Crippen LogP contribution in [0.4, 0.5) is 5.82 Å². The van der Waals surface area contributed by atoms with Gasteiger partial charge in [0.05, 0.1) is 12.8 Å². The standard InChI is InChI=1S/C19H27N5O.HI/c1-20-19(23-15-17-7-6-12-25-17)22-14-16-8-9-21-18(13-16)24-10-4-2-3-5-11-24;/h6-9,12-13H,2-5,10-11,14-15H2,1H3,(H2,20,22,23);1H. The van der Waals surface area contributed by atoms with E-state index in [-0.39, 0.29) is 24.0 Å². The molecule has 1 saturated heterocycles. The average molecular weight is 469 g/mol. The zero-order chi connectivity index (χ0) is 17.3. The summed E-state index contributed by atoms with van der Waals surface area (Å²) in [7, 11) is 1.77. The van der Waals surface area contributed by atoms with Gasteiger partial charge >= 0.3 is 0 Å². The van der Waals surface area contributed by atoms with Crippen molar-refractivity contribution in [1.82, 2.24) is 15.6 Å². The molecule has 2 aromatic rings. The molecule has 0 atom stereocenters. The zero-order valence-corrected chi connectivity index (χ0v) is 17.6. The Morgan fingerprint density at radius 2 is 1.92 bits per heavy atom. The number of hydrogen-bond donors (Lipinski definition) is 2. The Labute approximate surface area is 172 Å². The number of anilines is 1. The van der Waals surface area contributed by atoms with Crippen molar-refractivity contribution in [2.24, 2.45) is 4.99 Å². The first-order valence-corrected chi connectivity index (χ1v) is 9.02. The number of aromatic nitrogens is 1. The Bertz CT molecular complexity index is 666. The maximum atomic E-state index is 5.33. The van der Waals surface area contributed by atoms with E-state index in [9.17, 15) is 0 Å². The molecule has 0 saturated carbocycles. The molecule has 7 heteroatoms. The normalized spacial score (nSPS) is 15.1. The summed E-state index contributed by atoms with van der Waals surface area (Å²) < 4.78 is 5.33. The minimum absolute atomic E-state index is 0. The number of nitrogens with one attached hydrogen (secondary N) is 2. The molecule has 0 unspecified atom stereocenters. The Kier molecular flexibility index (Phi) is 8.73. The number of guanidine groups is 1. The first-order valence-electron chi connectivity index (χ1n) is 9.02. The van der Waals surface area contributed by atoms with Crippen molar-refractivity contribution >= 4 is 35.8 Å². The molecule has 2 N–H and O–H groups in total. The maximum Gasteiger partial charge on any atom is 0.191 e. The van der Waals surface area contributed by atoms with E-state index in [4.69, 9.17) is 4.42 Å². The summed E-state index contributed by atoms with van der Waals surface area (Å²) in [5.41, 5.74) is 1.20. The van der Waals surface area contributed by atoms with E-state index in [1.807, 2.05) is 24.4 Å². The van der Waals surface area contributed by atoms with E-state index in [0.29, 0.717) is 13.1 Å². The van der Waals surface area contributed by atoms with Gasteiger partial charge in [-0.3, -0.25) is 4.99 Å². The first kappa shape index (κ1) is 20.5. The van der Waals surface area contributed by atoms with Crippen LogP contribution >= 0.6 is 24.0 Å². The van der Waals surface area contributed by atoms with Gasteiger partial charge < -0.3 is 20.0 Å². The summed E-state index contributed by atoms with van der Waals surface area (Å²) in [6.07, 6.45) is 8.75. The SMILES string of the molecule is CN=C(NCc1ccnc(N2CCCCCC2)c1)NCc1ccco1.I. The molecule has 6 nitrogen and oxygen atoms in total. The molecule has 1 aliphatic heterocycles. The van der Waals surface area contributed by atoms with E-state index >= 15 is 0 Å². The summed E-state index contributed by atoms with van der Waals surface area (Å²) in [5.74, 6) is 2.72. The fraction of sp³-hybridized carbons (Fsp3) is 0.474. The molecule has 0 aliphatic carbocycles. The summed E-state index contributed by atoms with van der Waals surface area (Å²) in [4.78, 5) is 11.2.